The van der Waals surface area contributed by atoms with E-state index < -0.39 is 0 Å². The van der Waals surface area contributed by atoms with E-state index in [-0.39, 0.29) is 6.61 Å². The number of nitrogens with zero attached hydrogens (tertiary/aromatic N) is 2. The highest BCUT2D eigenvalue weighted by atomic mass is 16.5. The van der Waals surface area contributed by atoms with E-state index in [0.717, 1.165) is 11.0 Å². The van der Waals surface area contributed by atoms with Crippen LogP contribution in [0.4, 0.5) is 0 Å². The van der Waals surface area contributed by atoms with Crippen molar-refractivity contribution in [2.45, 2.75) is 20.3 Å². The second kappa shape index (κ2) is 4.42. The molecule has 0 saturated carbocycles. The van der Waals surface area contributed by atoms with Gasteiger partial charge in [0.25, 0.3) is 0 Å². The molecule has 0 amide bonds. The Kier molecular flexibility index (Phi) is 2.99. The molecule has 0 radical (unpaired) electrons. The van der Waals surface area contributed by atoms with Gasteiger partial charge in [-0.3, -0.25) is 0 Å². The number of aromatic nitrogens is 2. The van der Waals surface area contributed by atoms with Gasteiger partial charge >= 0.3 is 0 Å². The summed E-state index contributed by atoms with van der Waals surface area (Å²) in [6.07, 6.45) is 0. The molecule has 4 nitrogen and oxygen atoms in total. The molecule has 1 aromatic heterocycles. The third-order valence-corrected chi connectivity index (χ3v) is 2.30. The number of rotatable bonds is 4. The van der Waals surface area contributed by atoms with Gasteiger partial charge in [-0.15, -0.1) is 0 Å². The van der Waals surface area contributed by atoms with E-state index in [4.69, 9.17) is 4.74 Å². The van der Waals surface area contributed by atoms with Crippen molar-refractivity contribution in [2.24, 2.45) is 0 Å². The maximum absolute atomic E-state index is 9.18. The van der Waals surface area contributed by atoms with Crippen LogP contribution in [0, 0.1) is 0 Å². The van der Waals surface area contributed by atoms with Crippen molar-refractivity contribution >= 4 is 11.0 Å². The fourth-order valence-corrected chi connectivity index (χ4v) is 1.57. The minimum Gasteiger partial charge on any atom is -0.388 e. The lowest BCUT2D eigenvalue weighted by atomic mass is 10.3. The van der Waals surface area contributed by atoms with Gasteiger partial charge in [-0.1, -0.05) is 12.1 Å². The zero-order chi connectivity index (χ0) is 10.7. The molecule has 1 heterocycles. The highest BCUT2D eigenvalue weighted by molar-refractivity contribution is 5.75. The van der Waals surface area contributed by atoms with Crippen molar-refractivity contribution in [1.82, 2.24) is 9.55 Å². The van der Waals surface area contributed by atoms with Crippen molar-refractivity contribution in [3.8, 4) is 0 Å². The number of para-hydroxylation sites is 2. The Morgan fingerprint density at radius 2 is 2.20 bits per heavy atom. The summed E-state index contributed by atoms with van der Waals surface area (Å²) in [5, 5.41) is 9.18. The molecule has 15 heavy (non-hydrogen) atoms. The highest BCUT2D eigenvalue weighted by Crippen LogP contribution is 2.15. The molecule has 2 aromatic rings. The van der Waals surface area contributed by atoms with Crippen LogP contribution >= 0.6 is 0 Å². The number of fused-ring (bicyclic) bond motifs is 1. The molecular weight excluding hydrogens is 192 g/mol. The van der Waals surface area contributed by atoms with Gasteiger partial charge in [0.15, 0.2) is 0 Å². The van der Waals surface area contributed by atoms with Crippen LogP contribution in [0.3, 0.4) is 0 Å². The zero-order valence-electron chi connectivity index (χ0n) is 8.68. The van der Waals surface area contributed by atoms with Gasteiger partial charge < -0.3 is 14.4 Å². The maximum Gasteiger partial charge on any atom is 0.137 e. The molecule has 0 aliphatic carbocycles. The van der Waals surface area contributed by atoms with Crippen LogP contribution in [0.5, 0.6) is 0 Å². The molecule has 0 spiro atoms. The van der Waals surface area contributed by atoms with Crippen molar-refractivity contribution in [3.05, 3.63) is 30.1 Å². The smallest absolute Gasteiger partial charge is 0.137 e. The van der Waals surface area contributed by atoms with Crippen molar-refractivity contribution in [2.75, 3.05) is 6.61 Å². The van der Waals surface area contributed by atoms with Gasteiger partial charge in [0.2, 0.25) is 0 Å². The van der Waals surface area contributed by atoms with Crippen LogP contribution in [0.1, 0.15) is 12.7 Å². The van der Waals surface area contributed by atoms with Gasteiger partial charge in [-0.25, -0.2) is 4.98 Å². The van der Waals surface area contributed by atoms with Crippen LogP contribution in [0.2, 0.25) is 0 Å². The van der Waals surface area contributed by atoms with E-state index in [0.29, 0.717) is 19.2 Å². The Bertz CT molecular complexity index is 451. The first kappa shape index (κ1) is 10.1. The van der Waals surface area contributed by atoms with E-state index in [1.54, 1.807) is 0 Å². The monoisotopic (exact) mass is 206 g/mol. The van der Waals surface area contributed by atoms with Gasteiger partial charge in [0.05, 0.1) is 11.0 Å². The standard InChI is InChI=1S/C11H14N2O2/c1-2-15-8-13-10-6-4-3-5-9(10)12-11(13)7-14/h3-6,14H,2,7-8H2,1H3. The number of aliphatic hydroxyl groups excluding tert-OH is 1. The Morgan fingerprint density at radius 3 is 2.93 bits per heavy atom. The van der Waals surface area contributed by atoms with Crippen LogP contribution in [-0.4, -0.2) is 21.3 Å². The van der Waals surface area contributed by atoms with Crippen LogP contribution in [0.25, 0.3) is 11.0 Å². The first-order valence-corrected chi connectivity index (χ1v) is 4.99. The molecular formula is C11H14N2O2. The molecule has 2 rings (SSSR count). The minimum atomic E-state index is -0.0677. The van der Waals surface area contributed by atoms with E-state index in [1.165, 1.54) is 0 Å². The first-order chi connectivity index (χ1) is 7.36. The van der Waals surface area contributed by atoms with Gasteiger partial charge in [-0.05, 0) is 19.1 Å². The maximum atomic E-state index is 9.18. The highest BCUT2D eigenvalue weighted by Gasteiger charge is 2.08. The molecule has 80 valence electrons. The van der Waals surface area contributed by atoms with E-state index in [9.17, 15) is 5.11 Å². The average molecular weight is 206 g/mol. The summed E-state index contributed by atoms with van der Waals surface area (Å²) in [6.45, 7) is 2.96. The summed E-state index contributed by atoms with van der Waals surface area (Å²) in [5.41, 5.74) is 1.89. The zero-order valence-corrected chi connectivity index (χ0v) is 8.68. The van der Waals surface area contributed by atoms with Crippen molar-refractivity contribution in [1.29, 1.82) is 0 Å². The lowest BCUT2D eigenvalue weighted by Crippen LogP contribution is -2.06. The molecule has 0 unspecified atom stereocenters. The summed E-state index contributed by atoms with van der Waals surface area (Å²) in [5.74, 6) is 0.643. The Morgan fingerprint density at radius 1 is 1.40 bits per heavy atom. The number of ether oxygens (including phenoxy) is 1. The summed E-state index contributed by atoms with van der Waals surface area (Å²) in [4.78, 5) is 4.32. The number of aliphatic hydroxyl groups is 1. The van der Waals surface area contributed by atoms with Crippen LogP contribution in [-0.2, 0) is 18.1 Å². The lowest BCUT2D eigenvalue weighted by Gasteiger charge is -2.06. The van der Waals surface area contributed by atoms with E-state index in [1.807, 2.05) is 35.8 Å². The summed E-state index contributed by atoms with van der Waals surface area (Å²) >= 11 is 0. The first-order valence-electron chi connectivity index (χ1n) is 4.99. The molecule has 0 fully saturated rings. The molecule has 0 aliphatic heterocycles. The topological polar surface area (TPSA) is 47.3 Å². The summed E-state index contributed by atoms with van der Waals surface area (Å²) < 4.78 is 7.23. The third kappa shape index (κ3) is 1.86. The SMILES string of the molecule is CCOCn1c(CO)nc2ccccc21. The largest absolute Gasteiger partial charge is 0.388 e. The molecule has 0 bridgehead atoms. The summed E-state index contributed by atoms with van der Waals surface area (Å²) in [6, 6.07) is 7.78. The van der Waals surface area contributed by atoms with Crippen LogP contribution < -0.4 is 0 Å². The Labute approximate surface area is 88.1 Å². The van der Waals surface area contributed by atoms with Crippen molar-refractivity contribution < 1.29 is 9.84 Å². The Hall–Kier alpha value is -1.39. The fraction of sp³-hybridized carbons (Fsp3) is 0.364. The quantitative estimate of drug-likeness (QED) is 0.825. The van der Waals surface area contributed by atoms with Crippen molar-refractivity contribution in [3.63, 3.8) is 0 Å². The summed E-state index contributed by atoms with van der Waals surface area (Å²) in [7, 11) is 0. The number of imidazole rings is 1. The molecule has 0 saturated heterocycles. The predicted molar refractivity (Wildman–Crippen MR) is 57.3 cm³/mol. The third-order valence-electron chi connectivity index (χ3n) is 2.30. The second-order valence-electron chi connectivity index (χ2n) is 3.22. The Balaban J connectivity index is 2.47. The lowest BCUT2D eigenvalue weighted by molar-refractivity contribution is 0.0851. The number of hydrogen-bond donors (Lipinski definition) is 1. The van der Waals surface area contributed by atoms with Gasteiger partial charge in [0.1, 0.15) is 19.2 Å². The number of hydrogen-bond acceptors (Lipinski definition) is 3. The molecule has 1 aromatic carbocycles. The molecule has 1 N–H and O–H groups in total. The van der Waals surface area contributed by atoms with E-state index in [2.05, 4.69) is 4.98 Å². The van der Waals surface area contributed by atoms with E-state index >= 15 is 0 Å². The molecule has 4 heteroatoms. The fourth-order valence-electron chi connectivity index (χ4n) is 1.57. The molecule has 0 atom stereocenters. The second-order valence-corrected chi connectivity index (χ2v) is 3.22. The predicted octanol–water partition coefficient (Wildman–Crippen LogP) is 1.52. The van der Waals surface area contributed by atoms with Gasteiger partial charge in [-0.2, -0.15) is 0 Å². The minimum absolute atomic E-state index is 0.0677. The molecule has 0 aliphatic rings. The van der Waals surface area contributed by atoms with Gasteiger partial charge in [0, 0.05) is 6.61 Å². The number of benzene rings is 1. The average Bonchev–Trinajstić information content (AvgIpc) is 2.64. The van der Waals surface area contributed by atoms with Crippen LogP contribution in [0.15, 0.2) is 24.3 Å². The normalized spacial score (nSPS) is 11.1.